The average molecular weight is 270 g/mol. The van der Waals surface area contributed by atoms with E-state index < -0.39 is 0 Å². The first-order chi connectivity index (χ1) is 6.95. The summed E-state index contributed by atoms with van der Waals surface area (Å²) in [6.07, 6.45) is 1.14. The van der Waals surface area contributed by atoms with Crippen LogP contribution in [0.15, 0.2) is 28.7 Å². The van der Waals surface area contributed by atoms with Gasteiger partial charge in [-0.05, 0) is 43.5 Å². The Morgan fingerprint density at radius 2 is 1.80 bits per heavy atom. The molecule has 0 spiro atoms. The third kappa shape index (κ3) is 3.62. The van der Waals surface area contributed by atoms with Crippen molar-refractivity contribution in [1.29, 1.82) is 0 Å². The molecular formula is C13H20BrN. The fourth-order valence-corrected chi connectivity index (χ4v) is 2.15. The van der Waals surface area contributed by atoms with E-state index in [1.165, 1.54) is 5.56 Å². The number of halogens is 1. The van der Waals surface area contributed by atoms with Crippen LogP contribution in [-0.4, -0.2) is 13.1 Å². The Morgan fingerprint density at radius 3 is 2.27 bits per heavy atom. The molecule has 1 aromatic rings. The third-order valence-electron chi connectivity index (χ3n) is 2.93. The molecular weight excluding hydrogens is 250 g/mol. The number of hydrogen-bond donors (Lipinski definition) is 1. The maximum atomic E-state index is 3.46. The molecule has 0 radical (unpaired) electrons. The first kappa shape index (κ1) is 12.7. The molecule has 0 aliphatic rings. The lowest BCUT2D eigenvalue weighted by atomic mass is 9.79. The summed E-state index contributed by atoms with van der Waals surface area (Å²) in [5.41, 5.74) is 1.62. The Kier molecular flexibility index (Phi) is 4.35. The van der Waals surface area contributed by atoms with Crippen LogP contribution < -0.4 is 5.32 Å². The maximum Gasteiger partial charge on any atom is 0.0175 e. The lowest BCUT2D eigenvalue weighted by molar-refractivity contribution is 0.405. The van der Waals surface area contributed by atoms with Gasteiger partial charge in [-0.2, -0.15) is 0 Å². The summed E-state index contributed by atoms with van der Waals surface area (Å²) in [5.74, 6) is 0. The van der Waals surface area contributed by atoms with Crippen LogP contribution in [-0.2, 0) is 5.41 Å². The normalized spacial score (nSPS) is 13.9. The van der Waals surface area contributed by atoms with E-state index in [1.807, 2.05) is 7.05 Å². The van der Waals surface area contributed by atoms with Gasteiger partial charge in [0.05, 0.1) is 0 Å². The van der Waals surface area contributed by atoms with Crippen LogP contribution in [0, 0.1) is 0 Å². The van der Waals surface area contributed by atoms with Gasteiger partial charge in [-0.3, -0.25) is 0 Å². The van der Waals surface area contributed by atoms with Gasteiger partial charge in [-0.1, -0.05) is 41.9 Å². The number of rotatable bonds is 4. The van der Waals surface area contributed by atoms with Crippen LogP contribution in [0.1, 0.15) is 32.8 Å². The van der Waals surface area contributed by atoms with Gasteiger partial charge in [0.15, 0.2) is 0 Å². The van der Waals surface area contributed by atoms with E-state index in [4.69, 9.17) is 0 Å². The molecule has 1 aromatic carbocycles. The van der Waals surface area contributed by atoms with Crippen molar-refractivity contribution >= 4 is 15.9 Å². The van der Waals surface area contributed by atoms with Gasteiger partial charge < -0.3 is 5.32 Å². The first-order valence-corrected chi connectivity index (χ1v) is 6.18. The number of benzene rings is 1. The standard InChI is InChI=1S/C13H20BrN/c1-10(15-4)9-13(2,3)11-5-7-12(14)8-6-11/h5-8,10,15H,9H2,1-4H3. The van der Waals surface area contributed by atoms with Crippen LogP contribution in [0.5, 0.6) is 0 Å². The number of hydrogen-bond acceptors (Lipinski definition) is 1. The molecule has 2 heteroatoms. The zero-order chi connectivity index (χ0) is 11.5. The molecule has 0 fully saturated rings. The van der Waals surface area contributed by atoms with E-state index in [1.54, 1.807) is 0 Å². The molecule has 0 bridgehead atoms. The Bertz CT molecular complexity index is 303. The van der Waals surface area contributed by atoms with E-state index >= 15 is 0 Å². The van der Waals surface area contributed by atoms with Gasteiger partial charge in [0.2, 0.25) is 0 Å². The second kappa shape index (κ2) is 5.13. The molecule has 0 aliphatic heterocycles. The SMILES string of the molecule is CNC(C)CC(C)(C)c1ccc(Br)cc1. The highest BCUT2D eigenvalue weighted by Crippen LogP contribution is 2.29. The maximum absolute atomic E-state index is 3.46. The summed E-state index contributed by atoms with van der Waals surface area (Å²) in [7, 11) is 2.02. The summed E-state index contributed by atoms with van der Waals surface area (Å²) in [6, 6.07) is 9.17. The molecule has 1 N–H and O–H groups in total. The topological polar surface area (TPSA) is 12.0 Å². The van der Waals surface area contributed by atoms with E-state index in [0.717, 1.165) is 10.9 Å². The molecule has 0 amide bonds. The molecule has 0 heterocycles. The van der Waals surface area contributed by atoms with Crippen LogP contribution in [0.3, 0.4) is 0 Å². The summed E-state index contributed by atoms with van der Waals surface area (Å²) in [5, 5.41) is 3.29. The monoisotopic (exact) mass is 269 g/mol. The van der Waals surface area contributed by atoms with E-state index in [0.29, 0.717) is 6.04 Å². The molecule has 84 valence electrons. The second-order valence-electron chi connectivity index (χ2n) is 4.78. The van der Waals surface area contributed by atoms with Crippen molar-refractivity contribution in [3.63, 3.8) is 0 Å². The van der Waals surface area contributed by atoms with Crippen molar-refractivity contribution in [3.8, 4) is 0 Å². The molecule has 1 unspecified atom stereocenters. The van der Waals surface area contributed by atoms with Gasteiger partial charge in [0.1, 0.15) is 0 Å². The lowest BCUT2D eigenvalue weighted by Gasteiger charge is -2.28. The fraction of sp³-hybridized carbons (Fsp3) is 0.538. The van der Waals surface area contributed by atoms with Crippen LogP contribution >= 0.6 is 15.9 Å². The molecule has 1 atom stereocenters. The predicted octanol–water partition coefficient (Wildman–Crippen LogP) is 3.72. The van der Waals surface area contributed by atoms with Gasteiger partial charge in [0.25, 0.3) is 0 Å². The Labute approximate surface area is 101 Å². The van der Waals surface area contributed by atoms with E-state index in [2.05, 4.69) is 66.3 Å². The largest absolute Gasteiger partial charge is 0.317 e. The highest BCUT2D eigenvalue weighted by Gasteiger charge is 2.22. The summed E-state index contributed by atoms with van der Waals surface area (Å²) < 4.78 is 1.14. The van der Waals surface area contributed by atoms with Gasteiger partial charge in [0, 0.05) is 10.5 Å². The lowest BCUT2D eigenvalue weighted by Crippen LogP contribution is -2.30. The predicted molar refractivity (Wildman–Crippen MR) is 70.3 cm³/mol. The summed E-state index contributed by atoms with van der Waals surface area (Å²) in [6.45, 7) is 6.81. The molecule has 1 rings (SSSR count). The average Bonchev–Trinajstić information content (AvgIpc) is 2.17. The fourth-order valence-electron chi connectivity index (χ4n) is 1.89. The smallest absolute Gasteiger partial charge is 0.0175 e. The van der Waals surface area contributed by atoms with Crippen molar-refractivity contribution < 1.29 is 0 Å². The Hall–Kier alpha value is -0.340. The molecule has 0 aromatic heterocycles. The zero-order valence-corrected chi connectivity index (χ0v) is 11.6. The summed E-state index contributed by atoms with van der Waals surface area (Å²) in [4.78, 5) is 0. The minimum atomic E-state index is 0.225. The first-order valence-electron chi connectivity index (χ1n) is 5.39. The molecule has 15 heavy (non-hydrogen) atoms. The molecule has 1 nitrogen and oxygen atoms in total. The minimum Gasteiger partial charge on any atom is -0.317 e. The second-order valence-corrected chi connectivity index (χ2v) is 5.70. The van der Waals surface area contributed by atoms with Crippen molar-refractivity contribution in [1.82, 2.24) is 5.32 Å². The van der Waals surface area contributed by atoms with Gasteiger partial charge >= 0.3 is 0 Å². The summed E-state index contributed by atoms with van der Waals surface area (Å²) >= 11 is 3.46. The van der Waals surface area contributed by atoms with Gasteiger partial charge in [-0.15, -0.1) is 0 Å². The van der Waals surface area contributed by atoms with Crippen LogP contribution in [0.4, 0.5) is 0 Å². The minimum absolute atomic E-state index is 0.225. The van der Waals surface area contributed by atoms with E-state index in [9.17, 15) is 0 Å². The molecule has 0 saturated carbocycles. The van der Waals surface area contributed by atoms with Crippen LogP contribution in [0.25, 0.3) is 0 Å². The quantitative estimate of drug-likeness (QED) is 0.879. The highest BCUT2D eigenvalue weighted by atomic mass is 79.9. The molecule has 0 saturated heterocycles. The third-order valence-corrected chi connectivity index (χ3v) is 3.46. The van der Waals surface area contributed by atoms with Crippen molar-refractivity contribution in [2.75, 3.05) is 7.05 Å². The number of nitrogens with one attached hydrogen (secondary N) is 1. The highest BCUT2D eigenvalue weighted by molar-refractivity contribution is 9.10. The van der Waals surface area contributed by atoms with Crippen molar-refractivity contribution in [3.05, 3.63) is 34.3 Å². The molecule has 0 aliphatic carbocycles. The van der Waals surface area contributed by atoms with E-state index in [-0.39, 0.29) is 5.41 Å². The van der Waals surface area contributed by atoms with Gasteiger partial charge in [-0.25, -0.2) is 0 Å². The van der Waals surface area contributed by atoms with Crippen molar-refractivity contribution in [2.45, 2.75) is 38.6 Å². The Morgan fingerprint density at radius 1 is 1.27 bits per heavy atom. The zero-order valence-electron chi connectivity index (χ0n) is 9.97. The van der Waals surface area contributed by atoms with Crippen LogP contribution in [0.2, 0.25) is 0 Å². The Balaban J connectivity index is 2.80. The van der Waals surface area contributed by atoms with Crippen molar-refractivity contribution in [2.24, 2.45) is 0 Å².